The first-order valence-electron chi connectivity index (χ1n) is 7.63. The Balaban J connectivity index is 1.76. The molecule has 0 atom stereocenters. The van der Waals surface area contributed by atoms with Crippen LogP contribution >= 0.6 is 0 Å². The molecule has 21 heavy (non-hydrogen) atoms. The van der Waals surface area contributed by atoms with Crippen LogP contribution in [-0.2, 0) is 4.79 Å². The maximum Gasteiger partial charge on any atom is 0.239 e. The predicted octanol–water partition coefficient (Wildman–Crippen LogP) is 3.61. The number of hydrogen-bond donors (Lipinski definition) is 2. The van der Waals surface area contributed by atoms with E-state index >= 15 is 0 Å². The second-order valence-corrected chi connectivity index (χ2v) is 5.59. The number of hydrogen-bond acceptors (Lipinski definition) is 2. The molecule has 1 aromatic rings. The molecule has 0 spiro atoms. The van der Waals surface area contributed by atoms with Crippen LogP contribution in [0.3, 0.4) is 0 Å². The van der Waals surface area contributed by atoms with E-state index in [0.29, 0.717) is 5.69 Å². The highest BCUT2D eigenvalue weighted by molar-refractivity contribution is 5.80. The molecule has 5 heteroatoms. The van der Waals surface area contributed by atoms with E-state index in [1.54, 1.807) is 0 Å². The highest BCUT2D eigenvalue weighted by Crippen LogP contribution is 2.17. The van der Waals surface area contributed by atoms with E-state index in [4.69, 9.17) is 0 Å². The summed E-state index contributed by atoms with van der Waals surface area (Å²) in [6.07, 6.45) is 8.12. The van der Waals surface area contributed by atoms with Crippen LogP contribution in [0.15, 0.2) is 18.2 Å². The van der Waals surface area contributed by atoms with Crippen molar-refractivity contribution in [3.05, 3.63) is 29.8 Å². The summed E-state index contributed by atoms with van der Waals surface area (Å²) >= 11 is 0. The quantitative estimate of drug-likeness (QED) is 0.891. The first-order chi connectivity index (χ1) is 10.1. The van der Waals surface area contributed by atoms with Gasteiger partial charge in [0.2, 0.25) is 5.91 Å². The molecular weight excluding hydrogens is 274 g/mol. The maximum absolute atomic E-state index is 13.0. The molecule has 2 rings (SSSR count). The number of halogens is 2. The van der Waals surface area contributed by atoms with Crippen molar-refractivity contribution in [3.63, 3.8) is 0 Å². The number of rotatable bonds is 4. The van der Waals surface area contributed by atoms with Gasteiger partial charge < -0.3 is 10.6 Å². The van der Waals surface area contributed by atoms with E-state index in [-0.39, 0.29) is 18.5 Å². The summed E-state index contributed by atoms with van der Waals surface area (Å²) in [5.74, 6) is -1.91. The van der Waals surface area contributed by atoms with Gasteiger partial charge in [0, 0.05) is 17.8 Å². The highest BCUT2D eigenvalue weighted by Gasteiger charge is 2.13. The molecule has 1 aromatic carbocycles. The normalized spacial score (nSPS) is 16.9. The van der Waals surface area contributed by atoms with Gasteiger partial charge in [-0.15, -0.1) is 0 Å². The SMILES string of the molecule is O=C(CNc1ccc(F)c(F)c1)NC1CCCCCCC1. The van der Waals surface area contributed by atoms with Gasteiger partial charge in [-0.25, -0.2) is 8.78 Å². The van der Waals surface area contributed by atoms with Crippen LogP contribution in [0.2, 0.25) is 0 Å². The largest absolute Gasteiger partial charge is 0.376 e. The standard InChI is InChI=1S/C16H22F2N2O/c17-14-9-8-13(10-15(14)18)19-11-16(21)20-12-6-4-2-1-3-5-7-12/h8-10,12,19H,1-7,11H2,(H,20,21). The number of benzene rings is 1. The molecular formula is C16H22F2N2O. The Hall–Kier alpha value is -1.65. The van der Waals surface area contributed by atoms with E-state index in [1.165, 1.54) is 25.3 Å². The highest BCUT2D eigenvalue weighted by atomic mass is 19.2. The molecule has 0 radical (unpaired) electrons. The van der Waals surface area contributed by atoms with Gasteiger partial charge in [0.05, 0.1) is 6.54 Å². The minimum absolute atomic E-state index is 0.0710. The summed E-state index contributed by atoms with van der Waals surface area (Å²) in [4.78, 5) is 11.9. The van der Waals surface area contributed by atoms with Gasteiger partial charge in [0.1, 0.15) is 0 Å². The summed E-state index contributed by atoms with van der Waals surface area (Å²) in [5, 5.41) is 5.82. The summed E-state index contributed by atoms with van der Waals surface area (Å²) in [5.41, 5.74) is 0.404. The monoisotopic (exact) mass is 296 g/mol. The van der Waals surface area contributed by atoms with Crippen molar-refractivity contribution in [2.45, 2.75) is 51.0 Å². The minimum Gasteiger partial charge on any atom is -0.376 e. The third-order valence-corrected chi connectivity index (χ3v) is 3.84. The van der Waals surface area contributed by atoms with Gasteiger partial charge in [-0.3, -0.25) is 4.79 Å². The molecule has 0 saturated heterocycles. The molecule has 0 unspecified atom stereocenters. The van der Waals surface area contributed by atoms with Crippen molar-refractivity contribution in [1.29, 1.82) is 0 Å². The smallest absolute Gasteiger partial charge is 0.239 e. The van der Waals surface area contributed by atoms with Crippen LogP contribution < -0.4 is 10.6 Å². The lowest BCUT2D eigenvalue weighted by Gasteiger charge is -2.21. The summed E-state index contributed by atoms with van der Waals surface area (Å²) in [6, 6.07) is 3.76. The van der Waals surface area contributed by atoms with Crippen molar-refractivity contribution in [3.8, 4) is 0 Å². The lowest BCUT2D eigenvalue weighted by atomic mass is 9.97. The van der Waals surface area contributed by atoms with Gasteiger partial charge in [-0.05, 0) is 25.0 Å². The Morgan fingerprint density at radius 3 is 2.38 bits per heavy atom. The molecule has 1 aliphatic rings. The third kappa shape index (κ3) is 5.33. The first-order valence-corrected chi connectivity index (χ1v) is 7.63. The second kappa shape index (κ2) is 7.96. The lowest BCUT2D eigenvalue weighted by Crippen LogP contribution is -2.38. The van der Waals surface area contributed by atoms with Gasteiger partial charge >= 0.3 is 0 Å². The van der Waals surface area contributed by atoms with Gasteiger partial charge in [-0.1, -0.05) is 32.1 Å². The van der Waals surface area contributed by atoms with Gasteiger partial charge in [-0.2, -0.15) is 0 Å². The zero-order chi connectivity index (χ0) is 15.1. The fourth-order valence-electron chi connectivity index (χ4n) is 2.67. The Morgan fingerprint density at radius 1 is 1.05 bits per heavy atom. The molecule has 0 aromatic heterocycles. The molecule has 3 nitrogen and oxygen atoms in total. The van der Waals surface area contributed by atoms with E-state index < -0.39 is 11.6 Å². The molecule has 0 bridgehead atoms. The van der Waals surface area contributed by atoms with Gasteiger partial charge in [0.25, 0.3) is 0 Å². The van der Waals surface area contributed by atoms with E-state index in [2.05, 4.69) is 10.6 Å². The van der Waals surface area contributed by atoms with E-state index in [1.807, 2.05) is 0 Å². The van der Waals surface area contributed by atoms with Crippen LogP contribution in [0, 0.1) is 11.6 Å². The topological polar surface area (TPSA) is 41.1 Å². The second-order valence-electron chi connectivity index (χ2n) is 5.59. The van der Waals surface area contributed by atoms with Crippen molar-refractivity contribution < 1.29 is 13.6 Å². The Kier molecular flexibility index (Phi) is 5.96. The van der Waals surface area contributed by atoms with Crippen LogP contribution in [0.4, 0.5) is 14.5 Å². The lowest BCUT2D eigenvalue weighted by molar-refractivity contribution is -0.120. The summed E-state index contributed by atoms with van der Waals surface area (Å²) in [7, 11) is 0. The Morgan fingerprint density at radius 2 is 1.71 bits per heavy atom. The molecule has 2 N–H and O–H groups in total. The van der Waals surface area contributed by atoms with Crippen LogP contribution in [0.5, 0.6) is 0 Å². The zero-order valence-corrected chi connectivity index (χ0v) is 12.1. The van der Waals surface area contributed by atoms with Crippen molar-refractivity contribution in [2.75, 3.05) is 11.9 Å². The predicted molar refractivity (Wildman–Crippen MR) is 79.1 cm³/mol. The number of carbonyl (C=O) groups is 1. The molecule has 1 saturated carbocycles. The van der Waals surface area contributed by atoms with Crippen molar-refractivity contribution in [1.82, 2.24) is 5.32 Å². The number of carbonyl (C=O) groups excluding carboxylic acids is 1. The average molecular weight is 296 g/mol. The molecule has 0 heterocycles. The summed E-state index contributed by atoms with van der Waals surface area (Å²) < 4.78 is 25.8. The van der Waals surface area contributed by atoms with Gasteiger partial charge in [0.15, 0.2) is 11.6 Å². The van der Waals surface area contributed by atoms with Crippen LogP contribution in [0.25, 0.3) is 0 Å². The minimum atomic E-state index is -0.916. The molecule has 116 valence electrons. The first kappa shape index (κ1) is 15.7. The number of anilines is 1. The van der Waals surface area contributed by atoms with Crippen LogP contribution in [0.1, 0.15) is 44.9 Å². The zero-order valence-electron chi connectivity index (χ0n) is 12.1. The number of nitrogens with one attached hydrogen (secondary N) is 2. The average Bonchev–Trinajstić information content (AvgIpc) is 2.43. The molecule has 1 fully saturated rings. The number of amides is 1. The van der Waals surface area contributed by atoms with Crippen LogP contribution in [-0.4, -0.2) is 18.5 Å². The fraction of sp³-hybridized carbons (Fsp3) is 0.562. The van der Waals surface area contributed by atoms with Crippen molar-refractivity contribution >= 4 is 11.6 Å². The molecule has 1 aliphatic carbocycles. The Labute approximate surface area is 124 Å². The molecule has 1 amide bonds. The fourth-order valence-corrected chi connectivity index (χ4v) is 2.67. The third-order valence-electron chi connectivity index (χ3n) is 3.84. The van der Waals surface area contributed by atoms with Crippen molar-refractivity contribution in [2.24, 2.45) is 0 Å². The summed E-state index contributed by atoms with van der Waals surface area (Å²) in [6.45, 7) is 0.0710. The van der Waals surface area contributed by atoms with E-state index in [9.17, 15) is 13.6 Å². The maximum atomic E-state index is 13.0. The van der Waals surface area contributed by atoms with E-state index in [0.717, 1.165) is 37.8 Å². The molecule has 0 aliphatic heterocycles. The Bertz CT molecular complexity index is 471.